The molecule has 26 heavy (non-hydrogen) atoms. The van der Waals surface area contributed by atoms with Gasteiger partial charge in [0, 0.05) is 25.7 Å². The van der Waals surface area contributed by atoms with Crippen LogP contribution in [0.5, 0.6) is 0 Å². The summed E-state index contributed by atoms with van der Waals surface area (Å²) in [5.74, 6) is 0.729. The van der Waals surface area contributed by atoms with Gasteiger partial charge in [0.05, 0.1) is 18.8 Å². The number of nitrogens with one attached hydrogen (secondary N) is 1. The van der Waals surface area contributed by atoms with Crippen LogP contribution in [-0.2, 0) is 13.5 Å². The number of anilines is 1. The zero-order chi connectivity index (χ0) is 18.1. The molecule has 4 rings (SSSR count). The minimum Gasteiger partial charge on any atom is -0.367 e. The summed E-state index contributed by atoms with van der Waals surface area (Å²) in [6.07, 6.45) is 2.15. The molecule has 0 bridgehead atoms. The van der Waals surface area contributed by atoms with Crippen molar-refractivity contribution >= 4 is 38.5 Å². The van der Waals surface area contributed by atoms with Gasteiger partial charge in [0.2, 0.25) is 0 Å². The van der Waals surface area contributed by atoms with E-state index in [1.807, 2.05) is 35.9 Å². The quantitative estimate of drug-likeness (QED) is 0.565. The highest BCUT2D eigenvalue weighted by Gasteiger charge is 2.17. The largest absolute Gasteiger partial charge is 0.367 e. The smallest absolute Gasteiger partial charge is 0.156 e. The molecule has 130 valence electrons. The maximum Gasteiger partial charge on any atom is 0.156 e. The molecule has 0 radical (unpaired) electrons. The highest BCUT2D eigenvalue weighted by Crippen LogP contribution is 2.35. The number of imidazole rings is 1. The summed E-state index contributed by atoms with van der Waals surface area (Å²) >= 11 is 1.53. The number of rotatable bonds is 5. The Morgan fingerprint density at radius 1 is 1.31 bits per heavy atom. The molecule has 8 heteroatoms. The lowest BCUT2D eigenvalue weighted by molar-refractivity contribution is 0.949. The van der Waals surface area contributed by atoms with Crippen molar-refractivity contribution in [1.29, 1.82) is 5.26 Å². The second-order valence-electron chi connectivity index (χ2n) is 5.94. The van der Waals surface area contributed by atoms with E-state index in [4.69, 9.17) is 21.0 Å². The summed E-state index contributed by atoms with van der Waals surface area (Å²) in [6, 6.07) is 10.1. The Morgan fingerprint density at radius 3 is 3.00 bits per heavy atom. The fourth-order valence-corrected chi connectivity index (χ4v) is 3.86. The van der Waals surface area contributed by atoms with Crippen LogP contribution in [0.25, 0.3) is 32.0 Å². The van der Waals surface area contributed by atoms with Gasteiger partial charge in [0.15, 0.2) is 5.82 Å². The molecule has 3 aromatic heterocycles. The second kappa shape index (κ2) is 6.71. The Balaban J connectivity index is 1.89. The first-order valence-corrected chi connectivity index (χ1v) is 9.04. The number of nitrogens with zero attached hydrogens (tertiary/aromatic N) is 5. The fourth-order valence-electron chi connectivity index (χ4n) is 2.92. The van der Waals surface area contributed by atoms with Crippen molar-refractivity contribution in [2.75, 3.05) is 18.4 Å². The molecular weight excluding hydrogens is 346 g/mol. The zero-order valence-electron chi connectivity index (χ0n) is 14.2. The Bertz CT molecular complexity index is 1140. The van der Waals surface area contributed by atoms with Crippen molar-refractivity contribution in [3.8, 4) is 16.6 Å². The lowest BCUT2D eigenvalue weighted by Crippen LogP contribution is -2.14. The third kappa shape index (κ3) is 2.77. The predicted octanol–water partition coefficient (Wildman–Crippen LogP) is 2.68. The van der Waals surface area contributed by atoms with Crippen molar-refractivity contribution in [2.24, 2.45) is 12.8 Å². The van der Waals surface area contributed by atoms with E-state index in [9.17, 15) is 0 Å². The number of hydrogen-bond donors (Lipinski definition) is 2. The molecule has 0 aliphatic heterocycles. The molecule has 3 N–H and O–H groups in total. The number of thiazole rings is 1. The van der Waals surface area contributed by atoms with E-state index < -0.39 is 0 Å². The van der Waals surface area contributed by atoms with Gasteiger partial charge < -0.3 is 15.6 Å². The summed E-state index contributed by atoms with van der Waals surface area (Å²) in [5.41, 5.74) is 10.2. The van der Waals surface area contributed by atoms with Crippen LogP contribution in [0.15, 0.2) is 30.6 Å². The molecule has 0 unspecified atom stereocenters. The van der Waals surface area contributed by atoms with Gasteiger partial charge >= 0.3 is 0 Å². The molecule has 0 fully saturated rings. The Kier molecular flexibility index (Phi) is 4.24. The lowest BCUT2D eigenvalue weighted by atomic mass is 10.1. The molecule has 3 heterocycles. The highest BCUT2D eigenvalue weighted by molar-refractivity contribution is 7.21. The van der Waals surface area contributed by atoms with Crippen LogP contribution in [0.4, 0.5) is 5.82 Å². The van der Waals surface area contributed by atoms with E-state index in [2.05, 4.69) is 16.4 Å². The van der Waals surface area contributed by atoms with Crippen LogP contribution >= 0.6 is 11.3 Å². The summed E-state index contributed by atoms with van der Waals surface area (Å²) in [5, 5.41) is 13.1. The summed E-state index contributed by atoms with van der Waals surface area (Å²) in [6.45, 7) is 1.15. The molecule has 0 saturated heterocycles. The van der Waals surface area contributed by atoms with Crippen LogP contribution < -0.4 is 11.1 Å². The predicted molar refractivity (Wildman–Crippen MR) is 104 cm³/mol. The van der Waals surface area contributed by atoms with Gasteiger partial charge in [-0.05, 0) is 11.6 Å². The number of fused-ring (bicyclic) bond motifs is 3. The van der Waals surface area contributed by atoms with E-state index >= 15 is 0 Å². The summed E-state index contributed by atoms with van der Waals surface area (Å²) < 4.78 is 1.96. The number of aryl methyl sites for hydroxylation is 1. The average molecular weight is 363 g/mol. The first-order valence-electron chi connectivity index (χ1n) is 8.23. The Morgan fingerprint density at radius 2 is 2.19 bits per heavy atom. The Labute approximate surface area is 154 Å². The number of nitriles is 1. The van der Waals surface area contributed by atoms with Crippen LogP contribution in [0.3, 0.4) is 0 Å². The lowest BCUT2D eigenvalue weighted by Gasteiger charge is -2.05. The second-order valence-corrected chi connectivity index (χ2v) is 6.91. The minimum atomic E-state index is 0.385. The van der Waals surface area contributed by atoms with Gasteiger partial charge in [-0.1, -0.05) is 29.5 Å². The van der Waals surface area contributed by atoms with Crippen LogP contribution in [0.1, 0.15) is 5.56 Å². The van der Waals surface area contributed by atoms with Gasteiger partial charge in [-0.15, -0.1) is 0 Å². The van der Waals surface area contributed by atoms with Gasteiger partial charge in [-0.2, -0.15) is 5.26 Å². The summed E-state index contributed by atoms with van der Waals surface area (Å²) in [7, 11) is 1.95. The molecule has 0 aliphatic rings. The van der Waals surface area contributed by atoms with E-state index in [0.717, 1.165) is 43.3 Å². The number of benzene rings is 1. The van der Waals surface area contributed by atoms with Crippen LogP contribution in [-0.4, -0.2) is 32.6 Å². The molecule has 0 atom stereocenters. The van der Waals surface area contributed by atoms with Crippen LogP contribution in [0.2, 0.25) is 0 Å². The molecule has 0 saturated carbocycles. The maximum absolute atomic E-state index is 8.92. The van der Waals surface area contributed by atoms with Crippen molar-refractivity contribution in [3.63, 3.8) is 0 Å². The van der Waals surface area contributed by atoms with Gasteiger partial charge in [-0.3, -0.25) is 0 Å². The molecule has 0 amide bonds. The zero-order valence-corrected chi connectivity index (χ0v) is 15.0. The first kappa shape index (κ1) is 16.4. The SMILES string of the molecule is Cn1cnc2c(NCCN)nc3sc(-c4cccc(CC#N)c4)nc3c21. The van der Waals surface area contributed by atoms with Gasteiger partial charge in [0.1, 0.15) is 26.4 Å². The van der Waals surface area contributed by atoms with E-state index in [0.29, 0.717) is 19.5 Å². The topological polar surface area (TPSA) is 105 Å². The number of nitrogens with two attached hydrogens (primary N) is 1. The van der Waals surface area contributed by atoms with Crippen molar-refractivity contribution in [1.82, 2.24) is 19.5 Å². The number of aromatic nitrogens is 4. The Hall–Kier alpha value is -3.02. The minimum absolute atomic E-state index is 0.385. The molecule has 4 aromatic rings. The van der Waals surface area contributed by atoms with Crippen molar-refractivity contribution < 1.29 is 0 Å². The van der Waals surface area contributed by atoms with Gasteiger partial charge in [0.25, 0.3) is 0 Å². The average Bonchev–Trinajstić information content (AvgIpc) is 3.24. The fraction of sp³-hybridized carbons (Fsp3) is 0.222. The van der Waals surface area contributed by atoms with Crippen molar-refractivity contribution in [3.05, 3.63) is 36.2 Å². The number of hydrogen-bond acceptors (Lipinski definition) is 7. The third-order valence-electron chi connectivity index (χ3n) is 4.10. The van der Waals surface area contributed by atoms with E-state index in [1.165, 1.54) is 11.3 Å². The van der Waals surface area contributed by atoms with Crippen molar-refractivity contribution in [2.45, 2.75) is 6.42 Å². The number of pyridine rings is 1. The third-order valence-corrected chi connectivity index (χ3v) is 5.10. The van der Waals surface area contributed by atoms with Crippen LogP contribution in [0, 0.1) is 11.3 Å². The van der Waals surface area contributed by atoms with Gasteiger partial charge in [-0.25, -0.2) is 15.0 Å². The molecular formula is C18H17N7S. The molecule has 7 nitrogen and oxygen atoms in total. The maximum atomic E-state index is 8.92. The standard InChI is InChI=1S/C18H17N7S/c1-25-10-22-13-15(25)14-18(24-16(13)21-8-7-20)26-17(23-14)12-4-2-3-11(9-12)5-6-19/h2-4,9-10H,5,7-8,20H2,1H3,(H,21,24). The molecule has 0 spiro atoms. The molecule has 0 aliphatic carbocycles. The first-order chi connectivity index (χ1) is 12.7. The normalized spacial score (nSPS) is 11.1. The monoisotopic (exact) mass is 363 g/mol. The highest BCUT2D eigenvalue weighted by atomic mass is 32.1. The summed E-state index contributed by atoms with van der Waals surface area (Å²) in [4.78, 5) is 14.9. The van der Waals surface area contributed by atoms with E-state index in [1.54, 1.807) is 6.33 Å². The van der Waals surface area contributed by atoms with E-state index in [-0.39, 0.29) is 0 Å². The molecule has 1 aromatic carbocycles.